The van der Waals surface area contributed by atoms with Crippen molar-refractivity contribution in [2.24, 2.45) is 0 Å². The third-order valence-corrected chi connectivity index (χ3v) is 5.26. The molecule has 29 heavy (non-hydrogen) atoms. The minimum absolute atomic E-state index is 0.0666. The summed E-state index contributed by atoms with van der Waals surface area (Å²) in [6.07, 6.45) is 2.16. The second-order valence-corrected chi connectivity index (χ2v) is 7.44. The Kier molecular flexibility index (Phi) is 6.38. The van der Waals surface area contributed by atoms with Gasteiger partial charge in [-0.25, -0.2) is 0 Å². The van der Waals surface area contributed by atoms with Gasteiger partial charge in [-0.05, 0) is 47.0 Å². The number of nitrogens with zero attached hydrogens (tertiary/aromatic N) is 2. The van der Waals surface area contributed by atoms with Crippen molar-refractivity contribution < 1.29 is 19.3 Å². The average Bonchev–Trinajstić information content (AvgIpc) is 2.94. The van der Waals surface area contributed by atoms with Crippen LogP contribution >= 0.6 is 15.9 Å². The van der Waals surface area contributed by atoms with Gasteiger partial charge in [-0.3, -0.25) is 29.4 Å². The zero-order chi connectivity index (χ0) is 21.0. The molecule has 0 saturated carbocycles. The van der Waals surface area contributed by atoms with Crippen molar-refractivity contribution in [3.63, 3.8) is 0 Å². The van der Waals surface area contributed by atoms with Gasteiger partial charge in [0.05, 0.1) is 21.7 Å². The number of nitro groups is 1. The zero-order valence-electron chi connectivity index (χ0n) is 15.4. The van der Waals surface area contributed by atoms with E-state index in [1.54, 1.807) is 24.3 Å². The van der Waals surface area contributed by atoms with Crippen LogP contribution in [0.1, 0.15) is 46.4 Å². The van der Waals surface area contributed by atoms with Crippen molar-refractivity contribution >= 4 is 45.0 Å². The summed E-state index contributed by atoms with van der Waals surface area (Å²) >= 11 is 3.21. The van der Waals surface area contributed by atoms with Gasteiger partial charge in [0.1, 0.15) is 0 Å². The number of benzene rings is 2. The summed E-state index contributed by atoms with van der Waals surface area (Å²) in [4.78, 5) is 48.1. The Hall–Kier alpha value is -3.07. The number of hydrogen-bond acceptors (Lipinski definition) is 5. The Morgan fingerprint density at radius 1 is 1.03 bits per heavy atom. The molecule has 1 heterocycles. The molecule has 3 amide bonds. The van der Waals surface area contributed by atoms with E-state index in [0.29, 0.717) is 47.1 Å². The molecule has 2 aromatic carbocycles. The number of nitrogens with one attached hydrogen (secondary N) is 1. The number of anilines is 1. The molecule has 0 spiro atoms. The molecule has 9 heteroatoms. The zero-order valence-corrected chi connectivity index (χ0v) is 17.0. The maximum Gasteiger partial charge on any atom is 0.270 e. The number of imide groups is 1. The molecule has 0 bridgehead atoms. The highest BCUT2D eigenvalue weighted by Gasteiger charge is 2.34. The van der Waals surface area contributed by atoms with E-state index < -0.39 is 4.92 Å². The van der Waals surface area contributed by atoms with Gasteiger partial charge in [0.15, 0.2) is 0 Å². The highest BCUT2D eigenvalue weighted by atomic mass is 79.9. The molecular weight excluding hydrogens is 442 g/mol. The molecule has 1 aliphatic rings. The quantitative estimate of drug-likeness (QED) is 0.276. The van der Waals surface area contributed by atoms with E-state index >= 15 is 0 Å². The number of carbonyl (C=O) groups is 3. The van der Waals surface area contributed by atoms with Gasteiger partial charge in [-0.1, -0.05) is 18.6 Å². The number of fused-ring (bicyclic) bond motifs is 1. The molecule has 0 aliphatic carbocycles. The van der Waals surface area contributed by atoms with Crippen LogP contribution in [0.3, 0.4) is 0 Å². The number of non-ortho nitro benzene ring substituents is 1. The average molecular weight is 460 g/mol. The van der Waals surface area contributed by atoms with Crippen LogP contribution in [0.15, 0.2) is 46.9 Å². The molecule has 0 aromatic heterocycles. The van der Waals surface area contributed by atoms with Crippen LogP contribution in [0.25, 0.3) is 0 Å². The molecule has 2 aromatic rings. The summed E-state index contributed by atoms with van der Waals surface area (Å²) in [5.41, 5.74) is 1.27. The minimum Gasteiger partial charge on any atom is -0.325 e. The Balaban J connectivity index is 1.41. The van der Waals surface area contributed by atoms with Crippen LogP contribution in [0.5, 0.6) is 0 Å². The van der Waals surface area contributed by atoms with Crippen LogP contribution in [0.2, 0.25) is 0 Å². The summed E-state index contributed by atoms with van der Waals surface area (Å²) in [5.74, 6) is -0.752. The van der Waals surface area contributed by atoms with E-state index in [4.69, 9.17) is 0 Å². The van der Waals surface area contributed by atoms with Crippen molar-refractivity contribution in [1.29, 1.82) is 0 Å². The van der Waals surface area contributed by atoms with Crippen LogP contribution in [0.4, 0.5) is 11.4 Å². The lowest BCUT2D eigenvalue weighted by Crippen LogP contribution is -2.30. The Bertz CT molecular complexity index is 957. The monoisotopic (exact) mass is 459 g/mol. The van der Waals surface area contributed by atoms with E-state index in [2.05, 4.69) is 21.2 Å². The van der Waals surface area contributed by atoms with Gasteiger partial charge in [-0.15, -0.1) is 0 Å². The first-order chi connectivity index (χ1) is 13.9. The lowest BCUT2D eigenvalue weighted by atomic mass is 10.1. The van der Waals surface area contributed by atoms with Gasteiger partial charge >= 0.3 is 0 Å². The summed E-state index contributed by atoms with van der Waals surface area (Å²) in [5, 5.41) is 13.4. The lowest BCUT2D eigenvalue weighted by molar-refractivity contribution is -0.384. The van der Waals surface area contributed by atoms with E-state index in [1.807, 2.05) is 0 Å². The van der Waals surface area contributed by atoms with Crippen LogP contribution in [-0.4, -0.2) is 34.1 Å². The van der Waals surface area contributed by atoms with Gasteiger partial charge < -0.3 is 5.32 Å². The third kappa shape index (κ3) is 4.68. The normalized spacial score (nSPS) is 12.8. The highest BCUT2D eigenvalue weighted by Crippen LogP contribution is 2.27. The number of nitro benzene ring substituents is 1. The Morgan fingerprint density at radius 3 is 2.28 bits per heavy atom. The second-order valence-electron chi connectivity index (χ2n) is 6.59. The number of rotatable bonds is 8. The Labute approximate surface area is 175 Å². The fourth-order valence-electron chi connectivity index (χ4n) is 3.11. The summed E-state index contributed by atoms with van der Waals surface area (Å²) < 4.78 is 0.436. The predicted octanol–water partition coefficient (Wildman–Crippen LogP) is 4.15. The molecule has 0 fully saturated rings. The molecule has 0 radical (unpaired) electrons. The maximum absolute atomic E-state index is 12.3. The lowest BCUT2D eigenvalue weighted by Gasteiger charge is -2.13. The van der Waals surface area contributed by atoms with Crippen molar-refractivity contribution in [3.05, 3.63) is 68.2 Å². The van der Waals surface area contributed by atoms with Gasteiger partial charge in [0.25, 0.3) is 17.5 Å². The smallest absolute Gasteiger partial charge is 0.270 e. The molecule has 0 unspecified atom stereocenters. The molecular formula is C20H18BrN3O5. The van der Waals surface area contributed by atoms with Crippen molar-refractivity contribution in [2.75, 3.05) is 11.9 Å². The Morgan fingerprint density at radius 2 is 1.69 bits per heavy atom. The largest absolute Gasteiger partial charge is 0.325 e. The number of halogens is 1. The fourth-order valence-corrected chi connectivity index (χ4v) is 3.57. The standard InChI is InChI=1S/C20H18BrN3O5/c21-16-12-13(24(28)29)9-10-17(16)22-18(25)8-2-1-5-11-23-19(26)14-6-3-4-7-15(14)20(23)27/h3-4,6-7,9-10,12H,1-2,5,8,11H2,(H,22,25). The van der Waals surface area contributed by atoms with Crippen LogP contribution in [0, 0.1) is 10.1 Å². The van der Waals surface area contributed by atoms with Crippen LogP contribution < -0.4 is 5.32 Å². The molecule has 1 aliphatic heterocycles. The summed E-state index contributed by atoms with van der Waals surface area (Å²) in [6.45, 7) is 0.321. The number of amides is 3. The summed E-state index contributed by atoms with van der Waals surface area (Å²) in [6, 6.07) is 10.9. The van der Waals surface area contributed by atoms with Gasteiger partial charge in [0, 0.05) is 29.6 Å². The molecule has 3 rings (SSSR count). The highest BCUT2D eigenvalue weighted by molar-refractivity contribution is 9.10. The van der Waals surface area contributed by atoms with E-state index in [0.717, 1.165) is 0 Å². The first kappa shape index (κ1) is 20.7. The topological polar surface area (TPSA) is 110 Å². The molecule has 0 atom stereocenters. The van der Waals surface area contributed by atoms with Crippen LogP contribution in [-0.2, 0) is 4.79 Å². The maximum atomic E-state index is 12.3. The molecule has 150 valence electrons. The number of hydrogen-bond donors (Lipinski definition) is 1. The minimum atomic E-state index is -0.509. The SMILES string of the molecule is O=C(CCCCCN1C(=O)c2ccccc2C1=O)Nc1ccc([N+](=O)[O-])cc1Br. The first-order valence-corrected chi connectivity index (χ1v) is 9.87. The predicted molar refractivity (Wildman–Crippen MR) is 110 cm³/mol. The van der Waals surface area contributed by atoms with E-state index in [1.165, 1.54) is 23.1 Å². The van der Waals surface area contributed by atoms with Crippen molar-refractivity contribution in [1.82, 2.24) is 4.90 Å². The number of unbranched alkanes of at least 4 members (excludes halogenated alkanes) is 2. The molecule has 0 saturated heterocycles. The van der Waals surface area contributed by atoms with Crippen molar-refractivity contribution in [3.8, 4) is 0 Å². The van der Waals surface area contributed by atoms with Gasteiger partial charge in [-0.2, -0.15) is 0 Å². The fraction of sp³-hybridized carbons (Fsp3) is 0.250. The molecule has 1 N–H and O–H groups in total. The molecule has 8 nitrogen and oxygen atoms in total. The van der Waals surface area contributed by atoms with E-state index in [-0.39, 0.29) is 29.8 Å². The van der Waals surface area contributed by atoms with E-state index in [9.17, 15) is 24.5 Å². The van der Waals surface area contributed by atoms with Gasteiger partial charge in [0.2, 0.25) is 5.91 Å². The van der Waals surface area contributed by atoms with Crippen molar-refractivity contribution in [2.45, 2.75) is 25.7 Å². The summed E-state index contributed by atoms with van der Waals surface area (Å²) in [7, 11) is 0. The second kappa shape index (κ2) is 8.95. The first-order valence-electron chi connectivity index (χ1n) is 9.07. The third-order valence-electron chi connectivity index (χ3n) is 4.60. The number of carbonyl (C=O) groups excluding carboxylic acids is 3.